The van der Waals surface area contributed by atoms with Crippen LogP contribution in [0.15, 0.2) is 71.8 Å². The third-order valence-electron chi connectivity index (χ3n) is 4.27. The molecular weight excluding hydrogens is 437 g/mol. The Morgan fingerprint density at radius 2 is 1.75 bits per heavy atom. The molecule has 0 radical (unpaired) electrons. The van der Waals surface area contributed by atoms with Crippen molar-refractivity contribution >= 4 is 27.3 Å². The van der Waals surface area contributed by atoms with Crippen molar-refractivity contribution in [3.05, 3.63) is 78.2 Å². The Bertz CT molecular complexity index is 1150. The molecule has 1 heterocycles. The van der Waals surface area contributed by atoms with Crippen molar-refractivity contribution in [1.29, 1.82) is 0 Å². The van der Waals surface area contributed by atoms with Gasteiger partial charge in [-0.15, -0.1) is 0 Å². The van der Waals surface area contributed by atoms with Gasteiger partial charge >= 0.3 is 0 Å². The molecule has 1 aromatic heterocycles. The van der Waals surface area contributed by atoms with E-state index in [1.165, 1.54) is 12.1 Å². The number of benzene rings is 2. The zero-order valence-corrected chi connectivity index (χ0v) is 18.1. The molecule has 168 valence electrons. The monoisotopic (exact) mass is 459 g/mol. The van der Waals surface area contributed by atoms with Crippen molar-refractivity contribution in [2.24, 2.45) is 0 Å². The number of carbonyl (C=O) groups excluding carboxylic acids is 1. The highest BCUT2D eigenvalue weighted by Crippen LogP contribution is 2.21. The van der Waals surface area contributed by atoms with E-state index in [1.54, 1.807) is 49.7 Å². The predicted molar refractivity (Wildman–Crippen MR) is 118 cm³/mol. The number of aromatic nitrogens is 1. The summed E-state index contributed by atoms with van der Waals surface area (Å²) in [6.45, 7) is 0.687. The minimum absolute atomic E-state index is 0.0534. The maximum atomic E-state index is 13.0. The van der Waals surface area contributed by atoms with Crippen LogP contribution < -0.4 is 14.8 Å². The van der Waals surface area contributed by atoms with Gasteiger partial charge in [0.15, 0.2) is 0 Å². The minimum atomic E-state index is -3.85. The molecule has 0 fully saturated rings. The van der Waals surface area contributed by atoms with Crippen LogP contribution in [0.4, 0.5) is 15.8 Å². The van der Waals surface area contributed by atoms with Crippen molar-refractivity contribution < 1.29 is 27.1 Å². The lowest BCUT2D eigenvalue weighted by Crippen LogP contribution is -2.16. The lowest BCUT2D eigenvalue weighted by Gasteiger charge is -2.11. The van der Waals surface area contributed by atoms with Gasteiger partial charge in [0.1, 0.15) is 18.1 Å². The number of halogens is 1. The Morgan fingerprint density at radius 1 is 1.03 bits per heavy atom. The molecule has 0 spiro atoms. The molecular formula is C22H22FN3O5S. The molecule has 2 N–H and O–H groups in total. The third-order valence-corrected chi connectivity index (χ3v) is 5.66. The topological polar surface area (TPSA) is 107 Å². The molecule has 32 heavy (non-hydrogen) atoms. The van der Waals surface area contributed by atoms with Crippen LogP contribution in [0.3, 0.4) is 0 Å². The van der Waals surface area contributed by atoms with Gasteiger partial charge in [-0.1, -0.05) is 12.1 Å². The largest absolute Gasteiger partial charge is 0.474 e. The van der Waals surface area contributed by atoms with Gasteiger partial charge < -0.3 is 14.8 Å². The van der Waals surface area contributed by atoms with E-state index in [2.05, 4.69) is 15.0 Å². The predicted octanol–water partition coefficient (Wildman–Crippen LogP) is 3.23. The summed E-state index contributed by atoms with van der Waals surface area (Å²) < 4.78 is 50.6. The van der Waals surface area contributed by atoms with E-state index in [-0.39, 0.29) is 17.2 Å². The summed E-state index contributed by atoms with van der Waals surface area (Å²) in [5.74, 6) is -0.510. The standard InChI is InChI=1S/C22H22FN3O5S/c1-30-13-14-31-22-20(3-2-12-24-22)25-21(27)15-16-4-8-18(9-5-16)26-32(28,29)19-10-6-17(23)7-11-19/h2-12,26H,13-15H2,1H3,(H,25,27). The highest BCUT2D eigenvalue weighted by molar-refractivity contribution is 7.92. The van der Waals surface area contributed by atoms with Crippen LogP contribution in [0.2, 0.25) is 0 Å². The number of rotatable bonds is 10. The summed E-state index contributed by atoms with van der Waals surface area (Å²) in [5.41, 5.74) is 1.44. The first-order valence-electron chi connectivity index (χ1n) is 9.61. The van der Waals surface area contributed by atoms with E-state index in [9.17, 15) is 17.6 Å². The molecule has 0 aliphatic heterocycles. The molecule has 0 unspecified atom stereocenters. The first-order valence-corrected chi connectivity index (χ1v) is 11.1. The number of hydrogen-bond acceptors (Lipinski definition) is 6. The zero-order chi connectivity index (χ0) is 23.0. The van der Waals surface area contributed by atoms with Crippen LogP contribution in [-0.4, -0.2) is 39.6 Å². The fraction of sp³-hybridized carbons (Fsp3) is 0.182. The van der Waals surface area contributed by atoms with Crippen LogP contribution in [0, 0.1) is 5.82 Å². The average Bonchev–Trinajstić information content (AvgIpc) is 2.76. The Kier molecular flexibility index (Phi) is 7.74. The number of pyridine rings is 1. The van der Waals surface area contributed by atoms with Gasteiger partial charge in [0, 0.05) is 19.0 Å². The number of nitrogens with one attached hydrogen (secondary N) is 2. The smallest absolute Gasteiger partial charge is 0.261 e. The van der Waals surface area contributed by atoms with Gasteiger partial charge in [-0.25, -0.2) is 17.8 Å². The molecule has 0 saturated carbocycles. The third kappa shape index (κ3) is 6.50. The van der Waals surface area contributed by atoms with Crippen molar-refractivity contribution in [1.82, 2.24) is 4.98 Å². The number of nitrogens with zero attached hydrogens (tertiary/aromatic N) is 1. The van der Waals surface area contributed by atoms with Gasteiger partial charge in [-0.3, -0.25) is 9.52 Å². The van der Waals surface area contributed by atoms with Gasteiger partial charge in [-0.2, -0.15) is 0 Å². The number of anilines is 2. The van der Waals surface area contributed by atoms with E-state index in [1.807, 2.05) is 0 Å². The summed E-state index contributed by atoms with van der Waals surface area (Å²) in [4.78, 5) is 16.5. The number of ether oxygens (including phenoxy) is 2. The summed E-state index contributed by atoms with van der Waals surface area (Å²) >= 11 is 0. The number of carbonyl (C=O) groups is 1. The van der Waals surface area contributed by atoms with Crippen LogP contribution in [0.1, 0.15) is 5.56 Å². The van der Waals surface area contributed by atoms with Crippen LogP contribution in [0.25, 0.3) is 0 Å². The molecule has 0 aliphatic rings. The number of amides is 1. The molecule has 0 bridgehead atoms. The van der Waals surface area contributed by atoms with Gasteiger partial charge in [0.05, 0.1) is 17.9 Å². The van der Waals surface area contributed by atoms with Crippen molar-refractivity contribution in [3.8, 4) is 5.88 Å². The molecule has 10 heteroatoms. The summed E-state index contributed by atoms with van der Waals surface area (Å²) in [6, 6.07) is 14.3. The summed E-state index contributed by atoms with van der Waals surface area (Å²) in [6.07, 6.45) is 1.63. The van der Waals surface area contributed by atoms with Gasteiger partial charge in [0.25, 0.3) is 10.0 Å². The Labute approximate surface area is 185 Å². The first kappa shape index (κ1) is 23.2. The van der Waals surface area contributed by atoms with E-state index in [4.69, 9.17) is 9.47 Å². The molecule has 0 saturated heterocycles. The van der Waals surface area contributed by atoms with Gasteiger partial charge in [0.2, 0.25) is 11.8 Å². The lowest BCUT2D eigenvalue weighted by molar-refractivity contribution is -0.115. The first-order chi connectivity index (χ1) is 15.4. The molecule has 3 rings (SSSR count). The zero-order valence-electron chi connectivity index (χ0n) is 17.2. The molecule has 1 amide bonds. The fourth-order valence-corrected chi connectivity index (χ4v) is 3.78. The summed E-state index contributed by atoms with van der Waals surface area (Å²) in [7, 11) is -2.29. The molecule has 8 nitrogen and oxygen atoms in total. The summed E-state index contributed by atoms with van der Waals surface area (Å²) in [5, 5.41) is 2.76. The highest BCUT2D eigenvalue weighted by atomic mass is 32.2. The van der Waals surface area contributed by atoms with Crippen LogP contribution in [-0.2, 0) is 26.0 Å². The van der Waals surface area contributed by atoms with E-state index >= 15 is 0 Å². The van der Waals surface area contributed by atoms with Crippen molar-refractivity contribution in [2.75, 3.05) is 30.4 Å². The number of hydrogen-bond donors (Lipinski definition) is 2. The van der Waals surface area contributed by atoms with Crippen LogP contribution in [0.5, 0.6) is 5.88 Å². The normalized spacial score (nSPS) is 11.1. The number of sulfonamides is 1. The second kappa shape index (κ2) is 10.7. The van der Waals surface area contributed by atoms with Crippen molar-refractivity contribution in [2.45, 2.75) is 11.3 Å². The van der Waals surface area contributed by atoms with Crippen LogP contribution >= 0.6 is 0 Å². The second-order valence-corrected chi connectivity index (χ2v) is 8.36. The number of methoxy groups -OCH3 is 1. The highest BCUT2D eigenvalue weighted by Gasteiger charge is 2.15. The SMILES string of the molecule is COCCOc1ncccc1NC(=O)Cc1ccc(NS(=O)(=O)c2ccc(F)cc2)cc1. The van der Waals surface area contributed by atoms with E-state index in [0.717, 1.165) is 12.1 Å². The maximum absolute atomic E-state index is 13.0. The fourth-order valence-electron chi connectivity index (χ4n) is 2.72. The van der Waals surface area contributed by atoms with E-state index in [0.29, 0.717) is 36.0 Å². The molecule has 2 aromatic carbocycles. The Morgan fingerprint density at radius 3 is 2.44 bits per heavy atom. The Hall–Kier alpha value is -3.50. The lowest BCUT2D eigenvalue weighted by atomic mass is 10.1. The van der Waals surface area contributed by atoms with Crippen molar-refractivity contribution in [3.63, 3.8) is 0 Å². The maximum Gasteiger partial charge on any atom is 0.261 e. The van der Waals surface area contributed by atoms with E-state index < -0.39 is 15.8 Å². The van der Waals surface area contributed by atoms with Gasteiger partial charge in [-0.05, 0) is 54.1 Å². The molecule has 3 aromatic rings. The molecule has 0 atom stereocenters. The minimum Gasteiger partial charge on any atom is -0.474 e. The molecule has 0 aliphatic carbocycles. The quantitative estimate of drug-likeness (QED) is 0.451. The average molecular weight is 459 g/mol. The Balaban J connectivity index is 1.60. The second-order valence-electron chi connectivity index (χ2n) is 6.68.